The zero-order chi connectivity index (χ0) is 23.5. The van der Waals surface area contributed by atoms with Gasteiger partial charge in [-0.3, -0.25) is 0 Å². The van der Waals surface area contributed by atoms with Crippen LogP contribution in [0.3, 0.4) is 0 Å². The quantitative estimate of drug-likeness (QED) is 0.200. The Hall–Kier alpha value is -2.53. The number of esters is 1. The minimum absolute atomic E-state index is 0. The molecule has 186 valence electrons. The molecule has 0 fully saturated rings. The molecule has 0 unspecified atom stereocenters. The van der Waals surface area contributed by atoms with Crippen LogP contribution in [0.2, 0.25) is 0 Å². The number of para-hydroxylation sites is 2. The van der Waals surface area contributed by atoms with Gasteiger partial charge in [-0.15, -0.1) is 0 Å². The van der Waals surface area contributed by atoms with Crippen LogP contribution in [0.5, 0.6) is 5.75 Å². The first kappa shape index (κ1) is 27.7. The average Bonchev–Trinajstić information content (AvgIpc) is 3.08. The highest BCUT2D eigenvalue weighted by molar-refractivity contribution is 5.76. The number of halogens is 1. The van der Waals surface area contributed by atoms with Crippen LogP contribution < -0.4 is 21.7 Å². The van der Waals surface area contributed by atoms with Gasteiger partial charge in [0.15, 0.2) is 24.2 Å². The van der Waals surface area contributed by atoms with Crippen LogP contribution in [-0.2, 0) is 29.7 Å². The molecule has 3 aromatic rings. The van der Waals surface area contributed by atoms with Crippen LogP contribution in [0.15, 0.2) is 48.5 Å². The van der Waals surface area contributed by atoms with Crippen LogP contribution in [-0.4, -0.2) is 17.1 Å². The van der Waals surface area contributed by atoms with Gasteiger partial charge in [0, 0.05) is 0 Å². The summed E-state index contributed by atoms with van der Waals surface area (Å²) in [6.07, 6.45) is 9.83. The standard InChI is InChI=1S/C28H39N2O3.ClH/c1-4-5-6-7-8-9-10-13-20-32-28(31)21-30-26-15-12-11-14-25(26)29(3)27(30)22-33-24-18-16-23(2)17-19-24;/h11-12,14-19H,4-10,13,20-22H2,1-3H3;1H/q+1;/p-1. The van der Waals surface area contributed by atoms with Crippen molar-refractivity contribution in [2.75, 3.05) is 6.61 Å². The second kappa shape index (κ2) is 14.7. The Morgan fingerprint density at radius 1 is 0.912 bits per heavy atom. The number of rotatable bonds is 14. The van der Waals surface area contributed by atoms with E-state index in [0.717, 1.165) is 35.4 Å². The molecule has 34 heavy (non-hydrogen) atoms. The van der Waals surface area contributed by atoms with Crippen LogP contribution in [0.4, 0.5) is 0 Å². The Morgan fingerprint density at radius 2 is 1.56 bits per heavy atom. The number of ether oxygens (including phenoxy) is 2. The number of aromatic nitrogens is 2. The van der Waals surface area contributed by atoms with Crippen LogP contribution in [0.1, 0.15) is 69.7 Å². The van der Waals surface area contributed by atoms with Gasteiger partial charge in [-0.25, -0.2) is 13.9 Å². The first-order valence-corrected chi connectivity index (χ1v) is 12.4. The number of nitrogens with zero attached hydrogens (tertiary/aromatic N) is 2. The molecular weight excluding hydrogens is 448 g/mol. The van der Waals surface area contributed by atoms with Crippen LogP contribution >= 0.6 is 0 Å². The number of benzene rings is 2. The van der Waals surface area contributed by atoms with Gasteiger partial charge >= 0.3 is 5.97 Å². The predicted molar refractivity (Wildman–Crippen MR) is 132 cm³/mol. The van der Waals surface area contributed by atoms with Gasteiger partial charge in [-0.2, -0.15) is 0 Å². The normalized spacial score (nSPS) is 10.8. The lowest BCUT2D eigenvalue weighted by molar-refractivity contribution is -0.655. The van der Waals surface area contributed by atoms with Gasteiger partial charge in [-0.1, -0.05) is 81.7 Å². The van der Waals surface area contributed by atoms with Crippen molar-refractivity contribution < 1.29 is 31.2 Å². The number of unbranched alkanes of at least 4 members (excludes halogenated alkanes) is 7. The van der Waals surface area contributed by atoms with E-state index in [9.17, 15) is 4.79 Å². The zero-order valence-electron chi connectivity index (χ0n) is 20.9. The summed E-state index contributed by atoms with van der Waals surface area (Å²) in [5.74, 6) is 1.55. The van der Waals surface area contributed by atoms with E-state index in [0.29, 0.717) is 13.2 Å². The molecule has 0 saturated heterocycles. The highest BCUT2D eigenvalue weighted by Crippen LogP contribution is 2.18. The molecule has 0 bridgehead atoms. The minimum atomic E-state index is -0.198. The average molecular weight is 487 g/mol. The Morgan fingerprint density at radius 3 is 2.26 bits per heavy atom. The first-order chi connectivity index (χ1) is 16.1. The third-order valence-corrected chi connectivity index (χ3v) is 6.17. The highest BCUT2D eigenvalue weighted by atomic mass is 35.5. The molecule has 6 heteroatoms. The molecule has 3 rings (SSSR count). The fourth-order valence-electron chi connectivity index (χ4n) is 4.17. The molecule has 2 aromatic carbocycles. The molecule has 0 spiro atoms. The molecule has 0 aliphatic rings. The van der Waals surface area contributed by atoms with Crippen molar-refractivity contribution in [2.45, 2.75) is 78.4 Å². The maximum Gasteiger partial charge on any atom is 0.348 e. The molecule has 0 radical (unpaired) electrons. The molecule has 1 heterocycles. The Kier molecular flexibility index (Phi) is 12.0. The summed E-state index contributed by atoms with van der Waals surface area (Å²) in [6.45, 7) is 5.35. The summed E-state index contributed by atoms with van der Waals surface area (Å²) >= 11 is 0. The van der Waals surface area contributed by atoms with Crippen molar-refractivity contribution >= 4 is 17.0 Å². The smallest absolute Gasteiger partial charge is 0.348 e. The number of carbonyl (C=O) groups is 1. The van der Waals surface area contributed by atoms with E-state index in [1.54, 1.807) is 0 Å². The third kappa shape index (κ3) is 8.05. The van der Waals surface area contributed by atoms with E-state index in [-0.39, 0.29) is 24.9 Å². The SMILES string of the molecule is CCCCCCCCCCOC(=O)Cn1c(COc2ccc(C)cc2)[n+](C)c2ccccc21.[Cl-]. The second-order valence-corrected chi connectivity index (χ2v) is 8.85. The summed E-state index contributed by atoms with van der Waals surface area (Å²) < 4.78 is 15.7. The summed E-state index contributed by atoms with van der Waals surface area (Å²) in [5, 5.41) is 0. The first-order valence-electron chi connectivity index (χ1n) is 12.4. The van der Waals surface area contributed by atoms with Crippen molar-refractivity contribution in [1.82, 2.24) is 4.57 Å². The second-order valence-electron chi connectivity index (χ2n) is 8.85. The highest BCUT2D eigenvalue weighted by Gasteiger charge is 2.25. The van der Waals surface area contributed by atoms with Gasteiger partial charge in [-0.05, 0) is 37.6 Å². The molecule has 0 aliphatic heterocycles. The maximum atomic E-state index is 12.6. The molecule has 1 aromatic heterocycles. The molecule has 0 amide bonds. The number of hydrogen-bond donors (Lipinski definition) is 0. The van der Waals surface area contributed by atoms with E-state index in [4.69, 9.17) is 9.47 Å². The number of aryl methyl sites for hydroxylation is 2. The van der Waals surface area contributed by atoms with Crippen molar-refractivity contribution in [3.8, 4) is 5.75 Å². The minimum Gasteiger partial charge on any atom is -1.00 e. The molecule has 0 saturated carbocycles. The number of fused-ring (bicyclic) bond motifs is 1. The topological polar surface area (TPSA) is 44.3 Å². The molecule has 0 N–H and O–H groups in total. The van der Waals surface area contributed by atoms with Crippen molar-refractivity contribution in [1.29, 1.82) is 0 Å². The fourth-order valence-corrected chi connectivity index (χ4v) is 4.17. The van der Waals surface area contributed by atoms with E-state index >= 15 is 0 Å². The van der Waals surface area contributed by atoms with Gasteiger partial charge in [0.25, 0.3) is 5.82 Å². The lowest BCUT2D eigenvalue weighted by Gasteiger charge is -2.07. The Balaban J connectivity index is 0.00000408. The number of imidazole rings is 1. The fraction of sp³-hybridized carbons (Fsp3) is 0.500. The monoisotopic (exact) mass is 486 g/mol. The van der Waals surface area contributed by atoms with Crippen molar-refractivity contribution in [2.24, 2.45) is 7.05 Å². The predicted octanol–water partition coefficient (Wildman–Crippen LogP) is 3.04. The molecule has 0 atom stereocenters. The summed E-state index contributed by atoms with van der Waals surface area (Å²) in [7, 11) is 2.01. The lowest BCUT2D eigenvalue weighted by atomic mass is 10.1. The van der Waals surface area contributed by atoms with E-state index in [2.05, 4.69) is 24.5 Å². The largest absolute Gasteiger partial charge is 1.00 e. The third-order valence-electron chi connectivity index (χ3n) is 6.17. The number of carbonyl (C=O) groups excluding carboxylic acids is 1. The summed E-state index contributed by atoms with van der Waals surface area (Å²) in [4.78, 5) is 12.6. The van der Waals surface area contributed by atoms with Crippen molar-refractivity contribution in [3.05, 3.63) is 59.9 Å². The van der Waals surface area contributed by atoms with Crippen LogP contribution in [0.25, 0.3) is 11.0 Å². The van der Waals surface area contributed by atoms with Gasteiger partial charge in [0.05, 0.1) is 13.7 Å². The maximum absolute atomic E-state index is 12.6. The number of hydrogen-bond acceptors (Lipinski definition) is 3. The Labute approximate surface area is 210 Å². The summed E-state index contributed by atoms with van der Waals surface area (Å²) in [6, 6.07) is 16.1. The van der Waals surface area contributed by atoms with Gasteiger partial charge in [0.1, 0.15) is 5.75 Å². The molecule has 0 aliphatic carbocycles. The van der Waals surface area contributed by atoms with Gasteiger partial charge < -0.3 is 21.9 Å². The lowest BCUT2D eigenvalue weighted by Crippen LogP contribution is -3.00. The van der Waals surface area contributed by atoms with Gasteiger partial charge in [0.2, 0.25) is 0 Å². The van der Waals surface area contributed by atoms with Crippen molar-refractivity contribution in [3.63, 3.8) is 0 Å². The van der Waals surface area contributed by atoms with E-state index in [1.165, 1.54) is 44.1 Å². The zero-order valence-corrected chi connectivity index (χ0v) is 21.7. The van der Waals surface area contributed by atoms with Crippen LogP contribution in [0, 0.1) is 6.92 Å². The van der Waals surface area contributed by atoms with E-state index in [1.807, 2.05) is 54.1 Å². The molecule has 5 nitrogen and oxygen atoms in total. The summed E-state index contributed by atoms with van der Waals surface area (Å²) in [5.41, 5.74) is 3.27. The van der Waals surface area contributed by atoms with E-state index < -0.39 is 0 Å². The Bertz CT molecular complexity index is 1010. The molecular formula is C28H39ClN2O3.